The van der Waals surface area contributed by atoms with Crippen LogP contribution in [-0.2, 0) is 11.3 Å². The largest absolute Gasteiger partial charge is 0.374 e. The van der Waals surface area contributed by atoms with Crippen molar-refractivity contribution >= 4 is 17.4 Å². The number of ether oxygens (including phenoxy) is 1. The van der Waals surface area contributed by atoms with Crippen LogP contribution in [0.15, 0.2) is 52.3 Å². The highest BCUT2D eigenvalue weighted by molar-refractivity contribution is 7.99. The number of nitrogens with two attached hydrogens (primary N) is 1. The number of hydrogen-bond donors (Lipinski definition) is 1. The Morgan fingerprint density at radius 3 is 2.92 bits per heavy atom. The fourth-order valence-electron chi connectivity index (χ4n) is 2.85. The van der Waals surface area contributed by atoms with Gasteiger partial charge in [0.15, 0.2) is 0 Å². The first-order valence-electron chi connectivity index (χ1n) is 8.58. The van der Waals surface area contributed by atoms with Crippen LogP contribution in [0, 0.1) is 0 Å². The number of aromatic nitrogens is 2. The number of morpholine rings is 1. The maximum atomic E-state index is 12.3. The summed E-state index contributed by atoms with van der Waals surface area (Å²) in [4.78, 5) is 15.7. The van der Waals surface area contributed by atoms with Crippen LogP contribution in [0.2, 0.25) is 0 Å². The smallest absolute Gasteiger partial charge is 0.268 e. The number of thioether (sulfide) groups is 1. The molecule has 134 valence electrons. The molecule has 0 unspecified atom stereocenters. The van der Waals surface area contributed by atoms with Crippen LogP contribution < -0.4 is 16.2 Å². The maximum absolute atomic E-state index is 12.3. The summed E-state index contributed by atoms with van der Waals surface area (Å²) in [5.74, 6) is 0.812. The van der Waals surface area contributed by atoms with Gasteiger partial charge in [-0.15, -0.1) is 11.8 Å². The second kappa shape index (κ2) is 9.03. The van der Waals surface area contributed by atoms with Gasteiger partial charge in [-0.05, 0) is 25.1 Å². The molecule has 1 aliphatic rings. The van der Waals surface area contributed by atoms with Crippen LogP contribution in [0.25, 0.3) is 0 Å². The Kier molecular flexibility index (Phi) is 6.49. The minimum Gasteiger partial charge on any atom is -0.374 e. The highest BCUT2D eigenvalue weighted by atomic mass is 32.2. The summed E-state index contributed by atoms with van der Waals surface area (Å²) in [6.45, 7) is 3.39. The van der Waals surface area contributed by atoms with E-state index < -0.39 is 0 Å². The number of nitrogens with zero attached hydrogens (tertiary/aromatic N) is 3. The first-order valence-corrected chi connectivity index (χ1v) is 9.56. The lowest BCUT2D eigenvalue weighted by atomic mass is 10.2. The molecule has 1 saturated heterocycles. The Morgan fingerprint density at radius 1 is 1.32 bits per heavy atom. The number of anilines is 1. The summed E-state index contributed by atoms with van der Waals surface area (Å²) in [7, 11) is 0. The zero-order valence-corrected chi connectivity index (χ0v) is 15.0. The lowest BCUT2D eigenvalue weighted by molar-refractivity contribution is 0.0368. The van der Waals surface area contributed by atoms with Crippen LogP contribution in [-0.4, -0.2) is 47.9 Å². The van der Waals surface area contributed by atoms with Gasteiger partial charge in [0.1, 0.15) is 0 Å². The van der Waals surface area contributed by atoms with Crippen LogP contribution in [0.1, 0.15) is 6.42 Å². The van der Waals surface area contributed by atoms with Crippen LogP contribution in [0.3, 0.4) is 0 Å². The number of rotatable bonds is 7. The molecule has 2 aromatic rings. The van der Waals surface area contributed by atoms with Gasteiger partial charge in [0, 0.05) is 29.8 Å². The highest BCUT2D eigenvalue weighted by Crippen LogP contribution is 2.18. The van der Waals surface area contributed by atoms with E-state index in [0.717, 1.165) is 31.0 Å². The van der Waals surface area contributed by atoms with E-state index in [0.29, 0.717) is 19.7 Å². The maximum Gasteiger partial charge on any atom is 0.268 e. The normalized spacial score (nSPS) is 17.6. The first-order chi connectivity index (χ1) is 12.3. The second-order valence-corrected chi connectivity index (χ2v) is 7.12. The molecule has 1 aromatic carbocycles. The number of benzene rings is 1. The van der Waals surface area contributed by atoms with Gasteiger partial charge >= 0.3 is 0 Å². The molecule has 2 heterocycles. The molecule has 25 heavy (non-hydrogen) atoms. The average molecular weight is 360 g/mol. The van der Waals surface area contributed by atoms with Gasteiger partial charge in [0.2, 0.25) is 0 Å². The minimum atomic E-state index is -0.0620. The predicted molar refractivity (Wildman–Crippen MR) is 101 cm³/mol. The van der Waals surface area contributed by atoms with Crippen molar-refractivity contribution in [3.8, 4) is 0 Å². The molecule has 0 amide bonds. The third-order valence-electron chi connectivity index (χ3n) is 4.16. The quantitative estimate of drug-likeness (QED) is 0.756. The molecular formula is C18H24N4O2S. The number of hydrogen-bond acceptors (Lipinski definition) is 6. The molecule has 7 heteroatoms. The molecular weight excluding hydrogens is 336 g/mol. The third-order valence-corrected chi connectivity index (χ3v) is 5.15. The lowest BCUT2D eigenvalue weighted by Gasteiger charge is -2.34. The van der Waals surface area contributed by atoms with E-state index >= 15 is 0 Å². The SMILES string of the molecule is NCC[C@H]1CN(c2cnn(CCSc3ccccc3)c(=O)c2)CCO1. The van der Waals surface area contributed by atoms with Gasteiger partial charge in [-0.25, -0.2) is 4.68 Å². The van der Waals surface area contributed by atoms with Crippen molar-refractivity contribution in [1.29, 1.82) is 0 Å². The molecule has 1 fully saturated rings. The molecule has 1 atom stereocenters. The summed E-state index contributed by atoms with van der Waals surface area (Å²) >= 11 is 1.72. The minimum absolute atomic E-state index is 0.0620. The molecule has 0 bridgehead atoms. The summed E-state index contributed by atoms with van der Waals surface area (Å²) in [5.41, 5.74) is 6.41. The van der Waals surface area contributed by atoms with Gasteiger partial charge in [-0.3, -0.25) is 4.79 Å². The fourth-order valence-corrected chi connectivity index (χ4v) is 3.70. The molecule has 0 aliphatic carbocycles. The van der Waals surface area contributed by atoms with Crippen LogP contribution >= 0.6 is 11.8 Å². The van der Waals surface area contributed by atoms with Gasteiger partial charge in [0.25, 0.3) is 5.56 Å². The van der Waals surface area contributed by atoms with Crippen molar-refractivity contribution in [2.24, 2.45) is 5.73 Å². The van der Waals surface area contributed by atoms with E-state index in [1.165, 1.54) is 9.58 Å². The van der Waals surface area contributed by atoms with Gasteiger partial charge in [0.05, 0.1) is 31.1 Å². The van der Waals surface area contributed by atoms with Crippen molar-refractivity contribution in [2.75, 3.05) is 36.9 Å². The van der Waals surface area contributed by atoms with Crippen molar-refractivity contribution in [3.63, 3.8) is 0 Å². The molecule has 0 spiro atoms. The van der Waals surface area contributed by atoms with E-state index in [-0.39, 0.29) is 11.7 Å². The Labute approximate surface area is 152 Å². The van der Waals surface area contributed by atoms with Crippen molar-refractivity contribution in [1.82, 2.24) is 9.78 Å². The molecule has 1 aliphatic heterocycles. The van der Waals surface area contributed by atoms with E-state index in [4.69, 9.17) is 10.5 Å². The van der Waals surface area contributed by atoms with Crippen molar-refractivity contribution in [2.45, 2.75) is 24.0 Å². The first kappa shape index (κ1) is 18.0. The van der Waals surface area contributed by atoms with E-state index in [1.54, 1.807) is 24.0 Å². The fraction of sp³-hybridized carbons (Fsp3) is 0.444. The second-order valence-electron chi connectivity index (χ2n) is 5.95. The zero-order chi connectivity index (χ0) is 17.5. The van der Waals surface area contributed by atoms with Crippen LogP contribution in [0.5, 0.6) is 0 Å². The Balaban J connectivity index is 1.58. The monoisotopic (exact) mass is 360 g/mol. The Morgan fingerprint density at radius 2 is 2.16 bits per heavy atom. The Bertz CT molecular complexity index is 721. The van der Waals surface area contributed by atoms with Gasteiger partial charge < -0.3 is 15.4 Å². The van der Waals surface area contributed by atoms with E-state index in [9.17, 15) is 4.79 Å². The third kappa shape index (κ3) is 5.07. The molecule has 3 rings (SSSR count). The summed E-state index contributed by atoms with van der Waals surface area (Å²) < 4.78 is 7.22. The Hall–Kier alpha value is -1.83. The lowest BCUT2D eigenvalue weighted by Crippen LogP contribution is -2.43. The molecule has 2 N–H and O–H groups in total. The standard InChI is InChI=1S/C18H24N4O2S/c19-7-6-16-14-21(8-10-24-16)15-12-18(23)22(20-13-15)9-11-25-17-4-2-1-3-5-17/h1-5,12-13,16H,6-11,14,19H2/t16-/m0/s1. The van der Waals surface area contributed by atoms with E-state index in [2.05, 4.69) is 22.1 Å². The van der Waals surface area contributed by atoms with Crippen LogP contribution in [0.4, 0.5) is 5.69 Å². The molecule has 0 saturated carbocycles. The predicted octanol–water partition coefficient (Wildman–Crippen LogP) is 1.59. The van der Waals surface area contributed by atoms with Crippen molar-refractivity contribution in [3.05, 3.63) is 52.9 Å². The summed E-state index contributed by atoms with van der Waals surface area (Å²) in [5, 5.41) is 4.34. The zero-order valence-electron chi connectivity index (χ0n) is 14.2. The van der Waals surface area contributed by atoms with Gasteiger partial charge in [-0.1, -0.05) is 18.2 Å². The number of aryl methyl sites for hydroxylation is 1. The summed E-state index contributed by atoms with van der Waals surface area (Å²) in [6.07, 6.45) is 2.74. The van der Waals surface area contributed by atoms with E-state index in [1.807, 2.05) is 18.2 Å². The molecule has 1 aromatic heterocycles. The summed E-state index contributed by atoms with van der Waals surface area (Å²) in [6, 6.07) is 11.8. The van der Waals surface area contributed by atoms with Crippen molar-refractivity contribution < 1.29 is 4.74 Å². The molecule has 0 radical (unpaired) electrons. The topological polar surface area (TPSA) is 73.4 Å². The van der Waals surface area contributed by atoms with Gasteiger partial charge in [-0.2, -0.15) is 5.10 Å². The molecule has 6 nitrogen and oxygen atoms in total. The average Bonchev–Trinajstić information content (AvgIpc) is 2.64. The highest BCUT2D eigenvalue weighted by Gasteiger charge is 2.20.